The summed E-state index contributed by atoms with van der Waals surface area (Å²) in [6.07, 6.45) is -6.35. The lowest BCUT2D eigenvalue weighted by atomic mass is 9.75. The summed E-state index contributed by atoms with van der Waals surface area (Å²) in [5.74, 6) is -1.60. The summed E-state index contributed by atoms with van der Waals surface area (Å²) >= 11 is 0. The molecule has 2 bridgehead atoms. The molecule has 48 heavy (non-hydrogen) atoms. The highest BCUT2D eigenvalue weighted by atomic mass is 16.7. The van der Waals surface area contributed by atoms with Crippen molar-refractivity contribution in [3.8, 4) is 0 Å². The summed E-state index contributed by atoms with van der Waals surface area (Å²) in [4.78, 5) is 14.0. The van der Waals surface area contributed by atoms with Crippen molar-refractivity contribution in [2.75, 3.05) is 14.2 Å². The molecule has 0 aliphatic carbocycles. The molecule has 12 heteroatoms. The lowest BCUT2D eigenvalue weighted by Gasteiger charge is -2.48. The third kappa shape index (κ3) is 7.48. The maximum Gasteiger partial charge on any atom is 0.311 e. The van der Waals surface area contributed by atoms with Crippen LogP contribution in [0.1, 0.15) is 95.4 Å². The Morgan fingerprint density at radius 3 is 2.17 bits per heavy atom. The molecule has 3 fully saturated rings. The van der Waals surface area contributed by atoms with Crippen LogP contribution in [0.25, 0.3) is 0 Å². The van der Waals surface area contributed by atoms with E-state index in [0.29, 0.717) is 18.6 Å². The van der Waals surface area contributed by atoms with Crippen molar-refractivity contribution >= 4 is 5.97 Å². The van der Waals surface area contributed by atoms with Gasteiger partial charge in [-0.3, -0.25) is 4.79 Å². The SMILES string of the molecule is CNC1C[C@@H](C)OC(OC2[C@@H](C)C(OC3C[C@@](C)(OC)C(O)[C@H](C)O3)[C@@H](C)C(=O)OC(C)C(C)(C)C(O)[C@@H](C)C3=C(C)C[C@@]2(C)O3)C1O. The molecule has 0 radical (unpaired) electrons. The van der Waals surface area contributed by atoms with Crippen LogP contribution in [0.15, 0.2) is 11.3 Å². The van der Waals surface area contributed by atoms with E-state index < -0.39 is 95.6 Å². The van der Waals surface area contributed by atoms with Crippen LogP contribution in [0, 0.1) is 23.2 Å². The molecule has 0 aromatic rings. The molecular weight excluding hydrogens is 622 g/mol. The first-order valence-electron chi connectivity index (χ1n) is 17.7. The fourth-order valence-electron chi connectivity index (χ4n) is 8.28. The summed E-state index contributed by atoms with van der Waals surface area (Å²) in [7, 11) is 3.34. The molecule has 0 aromatic heterocycles. The number of carbonyl (C=O) groups excluding carboxylic acids is 1. The van der Waals surface area contributed by atoms with Gasteiger partial charge in [0.1, 0.15) is 35.8 Å². The van der Waals surface area contributed by atoms with E-state index in [1.54, 1.807) is 34.9 Å². The van der Waals surface area contributed by atoms with Gasteiger partial charge in [0, 0.05) is 43.2 Å². The Labute approximate surface area is 287 Å². The van der Waals surface area contributed by atoms with Crippen LogP contribution in [0.4, 0.5) is 0 Å². The van der Waals surface area contributed by atoms with E-state index >= 15 is 0 Å². The Kier molecular flexibility index (Phi) is 12.1. The number of methoxy groups -OCH3 is 1. The maximum atomic E-state index is 14.0. The standard InChI is InChI=1S/C36H63NO11/c1-17-15-36(11)31(47-33-26(38)24(37-12)14-18(2)43-33)20(4)28(46-25-16-35(10,42-13)30(40)22(6)44-25)21(5)32(41)45-23(7)34(8,9)29(39)19(3)27(17)48-36/h18-26,28-31,33,37-40H,14-16H2,1-13H3/t18-,19+,20+,21-,22+,23?,24?,25?,26?,28?,29?,30?,31?,33?,35-,36-/m1/s1. The fraction of sp³-hybridized carbons (Fsp3) is 0.917. The lowest BCUT2D eigenvalue weighted by molar-refractivity contribution is -0.314. The second-order valence-electron chi connectivity index (χ2n) is 16.0. The highest BCUT2D eigenvalue weighted by Gasteiger charge is 2.55. The van der Waals surface area contributed by atoms with Crippen molar-refractivity contribution in [1.82, 2.24) is 5.32 Å². The number of likely N-dealkylation sites (N-methyl/N-ethyl adjacent to an activating group) is 1. The molecule has 16 atom stereocenters. The number of aliphatic hydroxyl groups excluding tert-OH is 3. The van der Waals surface area contributed by atoms with Crippen LogP contribution in [0.3, 0.4) is 0 Å². The number of cyclic esters (lactones) is 1. The smallest absolute Gasteiger partial charge is 0.311 e. The van der Waals surface area contributed by atoms with Crippen LogP contribution in [-0.4, -0.2) is 114 Å². The van der Waals surface area contributed by atoms with Crippen molar-refractivity contribution in [3.05, 3.63) is 11.3 Å². The van der Waals surface area contributed by atoms with Gasteiger partial charge < -0.3 is 53.8 Å². The number of hydrogen-bond donors (Lipinski definition) is 4. The number of nitrogens with one attached hydrogen (secondary N) is 1. The van der Waals surface area contributed by atoms with Crippen molar-refractivity contribution in [1.29, 1.82) is 0 Å². The van der Waals surface area contributed by atoms with Crippen LogP contribution >= 0.6 is 0 Å². The van der Waals surface area contributed by atoms with Gasteiger partial charge in [0.15, 0.2) is 12.6 Å². The second-order valence-corrected chi connectivity index (χ2v) is 16.0. The third-order valence-corrected chi connectivity index (χ3v) is 11.9. The minimum atomic E-state index is -0.998. The zero-order chi connectivity index (χ0) is 36.1. The van der Waals surface area contributed by atoms with Gasteiger partial charge >= 0.3 is 5.97 Å². The molecule has 0 aromatic carbocycles. The number of hydrogen-bond acceptors (Lipinski definition) is 12. The zero-order valence-corrected chi connectivity index (χ0v) is 31.3. The Morgan fingerprint density at radius 1 is 0.917 bits per heavy atom. The van der Waals surface area contributed by atoms with Crippen molar-refractivity contribution in [3.63, 3.8) is 0 Å². The van der Waals surface area contributed by atoms with Crippen LogP contribution in [-0.2, 0) is 38.0 Å². The van der Waals surface area contributed by atoms with E-state index in [-0.39, 0.29) is 18.6 Å². The van der Waals surface area contributed by atoms with Crippen LogP contribution in [0.5, 0.6) is 0 Å². The Morgan fingerprint density at radius 2 is 1.56 bits per heavy atom. The Hall–Kier alpha value is -1.35. The summed E-state index contributed by atoms with van der Waals surface area (Å²) in [6, 6.07) is -0.258. The summed E-state index contributed by atoms with van der Waals surface area (Å²) in [5.41, 5.74) is -1.78. The van der Waals surface area contributed by atoms with E-state index in [4.69, 9.17) is 33.2 Å². The first-order chi connectivity index (χ1) is 22.2. The highest BCUT2D eigenvalue weighted by molar-refractivity contribution is 5.73. The average molecular weight is 686 g/mol. The van der Waals surface area contributed by atoms with E-state index in [1.165, 1.54) is 0 Å². The molecule has 4 aliphatic heterocycles. The average Bonchev–Trinajstić information content (AvgIpc) is 3.34. The largest absolute Gasteiger partial charge is 0.489 e. The van der Waals surface area contributed by atoms with Crippen LogP contribution < -0.4 is 5.32 Å². The zero-order valence-electron chi connectivity index (χ0n) is 31.3. The summed E-state index contributed by atoms with van der Waals surface area (Å²) in [6.45, 7) is 20.7. The lowest BCUT2D eigenvalue weighted by Crippen LogP contribution is -2.60. The normalized spacial score (nSPS) is 49.0. The molecule has 9 unspecified atom stereocenters. The van der Waals surface area contributed by atoms with Gasteiger partial charge in [-0.2, -0.15) is 0 Å². The van der Waals surface area contributed by atoms with Gasteiger partial charge in [0.05, 0.1) is 35.9 Å². The second kappa shape index (κ2) is 14.7. The number of ether oxygens (including phenoxy) is 7. The van der Waals surface area contributed by atoms with E-state index in [1.807, 2.05) is 55.4 Å². The van der Waals surface area contributed by atoms with Gasteiger partial charge in [-0.25, -0.2) is 0 Å². The summed E-state index contributed by atoms with van der Waals surface area (Å²) in [5, 5.41) is 37.2. The number of fused-ring (bicyclic) bond motifs is 2. The first-order valence-corrected chi connectivity index (χ1v) is 17.7. The fourth-order valence-corrected chi connectivity index (χ4v) is 8.28. The minimum absolute atomic E-state index is 0.191. The molecule has 0 spiro atoms. The van der Waals surface area contributed by atoms with Gasteiger partial charge in [-0.1, -0.05) is 27.7 Å². The molecular formula is C36H63NO11. The van der Waals surface area contributed by atoms with E-state index in [0.717, 1.165) is 5.57 Å². The maximum absolute atomic E-state index is 14.0. The van der Waals surface area contributed by atoms with Crippen molar-refractivity contribution < 1.29 is 53.3 Å². The van der Waals surface area contributed by atoms with Crippen molar-refractivity contribution in [2.45, 2.75) is 174 Å². The third-order valence-electron chi connectivity index (χ3n) is 11.9. The molecule has 0 saturated carbocycles. The van der Waals surface area contributed by atoms with E-state index in [9.17, 15) is 20.1 Å². The molecule has 0 amide bonds. The predicted octanol–water partition coefficient (Wildman–Crippen LogP) is 3.44. The molecule has 278 valence electrons. The van der Waals surface area contributed by atoms with Gasteiger partial charge in [0.25, 0.3) is 0 Å². The Bertz CT molecular complexity index is 1160. The van der Waals surface area contributed by atoms with E-state index in [2.05, 4.69) is 5.32 Å². The quantitative estimate of drug-likeness (QED) is 0.303. The van der Waals surface area contributed by atoms with Gasteiger partial charge in [-0.15, -0.1) is 0 Å². The van der Waals surface area contributed by atoms with Gasteiger partial charge in [0.2, 0.25) is 0 Å². The number of carbonyl (C=O) groups is 1. The molecule has 3 saturated heterocycles. The summed E-state index contributed by atoms with van der Waals surface area (Å²) < 4.78 is 44.7. The number of esters is 1. The molecule has 4 aliphatic rings. The molecule has 12 nitrogen and oxygen atoms in total. The number of rotatable bonds is 6. The number of aliphatic hydroxyl groups is 3. The van der Waals surface area contributed by atoms with Crippen LogP contribution in [0.2, 0.25) is 0 Å². The molecule has 4 N–H and O–H groups in total. The monoisotopic (exact) mass is 685 g/mol. The first kappa shape index (κ1) is 39.4. The highest BCUT2D eigenvalue weighted by Crippen LogP contribution is 2.48. The van der Waals surface area contributed by atoms with Gasteiger partial charge in [-0.05, 0) is 67.5 Å². The molecule has 4 rings (SSSR count). The van der Waals surface area contributed by atoms with Crippen molar-refractivity contribution in [2.24, 2.45) is 23.2 Å². The Balaban J connectivity index is 1.82. The minimum Gasteiger partial charge on any atom is -0.489 e. The topological polar surface area (TPSA) is 154 Å². The molecule has 4 heterocycles. The predicted molar refractivity (Wildman–Crippen MR) is 178 cm³/mol.